The molecule has 0 bridgehead atoms. The van der Waals surface area contributed by atoms with Gasteiger partial charge in [0.2, 0.25) is 11.1 Å². The number of tetrazole rings is 1. The fourth-order valence-electron chi connectivity index (χ4n) is 2.44. The van der Waals surface area contributed by atoms with Crippen LogP contribution in [0, 0.1) is 0 Å². The molecule has 29 heavy (non-hydrogen) atoms. The Balaban J connectivity index is 1.63. The van der Waals surface area contributed by atoms with E-state index in [1.54, 1.807) is 44.4 Å². The summed E-state index contributed by atoms with van der Waals surface area (Å²) < 4.78 is 11.7. The smallest absolute Gasteiger partial charge is 0.338 e. The first kappa shape index (κ1) is 20.3. The number of esters is 1. The van der Waals surface area contributed by atoms with Crippen molar-refractivity contribution in [3.8, 4) is 11.4 Å². The molecule has 0 saturated heterocycles. The zero-order valence-corrected chi connectivity index (χ0v) is 16.7. The molecule has 1 aromatic heterocycles. The average molecular weight is 413 g/mol. The lowest BCUT2D eigenvalue weighted by atomic mass is 10.2. The topological polar surface area (TPSA) is 108 Å². The Morgan fingerprint density at radius 1 is 1.17 bits per heavy atom. The van der Waals surface area contributed by atoms with Crippen LogP contribution in [0.4, 0.5) is 5.69 Å². The molecule has 0 aliphatic carbocycles. The van der Waals surface area contributed by atoms with Crippen LogP contribution >= 0.6 is 11.8 Å². The van der Waals surface area contributed by atoms with E-state index in [1.165, 1.54) is 16.4 Å². The van der Waals surface area contributed by atoms with E-state index in [2.05, 4.69) is 20.8 Å². The van der Waals surface area contributed by atoms with Crippen LogP contribution in [-0.2, 0) is 9.53 Å². The predicted octanol–water partition coefficient (Wildman–Crippen LogP) is 2.58. The molecular formula is C19H19N5O4S. The highest BCUT2D eigenvalue weighted by molar-refractivity contribution is 7.99. The number of nitrogens with one attached hydrogen (secondary N) is 1. The maximum Gasteiger partial charge on any atom is 0.338 e. The van der Waals surface area contributed by atoms with E-state index in [9.17, 15) is 9.59 Å². The van der Waals surface area contributed by atoms with Crippen LogP contribution in [0.15, 0.2) is 53.7 Å². The van der Waals surface area contributed by atoms with Crippen LogP contribution in [0.1, 0.15) is 17.3 Å². The lowest BCUT2D eigenvalue weighted by Gasteiger charge is -2.08. The Morgan fingerprint density at radius 3 is 2.79 bits per heavy atom. The van der Waals surface area contributed by atoms with E-state index < -0.39 is 5.97 Å². The normalized spacial score (nSPS) is 10.4. The largest absolute Gasteiger partial charge is 0.497 e. The van der Waals surface area contributed by atoms with Gasteiger partial charge in [-0.25, -0.2) is 4.79 Å². The number of thioether (sulfide) groups is 1. The molecule has 0 radical (unpaired) electrons. The molecule has 0 spiro atoms. The van der Waals surface area contributed by atoms with Crippen molar-refractivity contribution in [2.24, 2.45) is 0 Å². The van der Waals surface area contributed by atoms with Crippen LogP contribution in [0.5, 0.6) is 5.75 Å². The number of methoxy groups -OCH3 is 1. The standard InChI is InChI=1S/C19H19N5O4S/c1-3-28-18(26)13-6-4-7-14(10-13)20-17(25)12-29-19-21-22-23-24(19)15-8-5-9-16(11-15)27-2/h4-11H,3,12H2,1-2H3,(H,20,25). The molecule has 0 unspecified atom stereocenters. The zero-order chi connectivity index (χ0) is 20.6. The highest BCUT2D eigenvalue weighted by Gasteiger charge is 2.13. The van der Waals surface area contributed by atoms with Gasteiger partial charge in [-0.1, -0.05) is 23.9 Å². The van der Waals surface area contributed by atoms with Crippen molar-refractivity contribution in [3.63, 3.8) is 0 Å². The lowest BCUT2D eigenvalue weighted by Crippen LogP contribution is -2.15. The number of amides is 1. The number of anilines is 1. The zero-order valence-electron chi connectivity index (χ0n) is 15.9. The van der Waals surface area contributed by atoms with Gasteiger partial charge in [0, 0.05) is 11.8 Å². The van der Waals surface area contributed by atoms with Gasteiger partial charge < -0.3 is 14.8 Å². The summed E-state index contributed by atoms with van der Waals surface area (Å²) in [5.41, 5.74) is 1.60. The van der Waals surface area contributed by atoms with Gasteiger partial charge in [-0.3, -0.25) is 4.79 Å². The number of rotatable bonds is 8. The summed E-state index contributed by atoms with van der Waals surface area (Å²) in [4.78, 5) is 24.1. The van der Waals surface area contributed by atoms with E-state index in [0.717, 1.165) is 5.69 Å². The third-order valence-corrected chi connectivity index (χ3v) is 4.65. The summed E-state index contributed by atoms with van der Waals surface area (Å²) in [6, 6.07) is 13.9. The van der Waals surface area contributed by atoms with Crippen LogP contribution in [0.25, 0.3) is 5.69 Å². The molecule has 10 heteroatoms. The molecule has 1 amide bonds. The van der Waals surface area contributed by atoms with Crippen molar-refractivity contribution in [1.82, 2.24) is 20.2 Å². The molecule has 0 fully saturated rings. The molecule has 150 valence electrons. The molecule has 1 N–H and O–H groups in total. The molecular weight excluding hydrogens is 394 g/mol. The molecule has 3 aromatic rings. The monoisotopic (exact) mass is 413 g/mol. The molecule has 0 atom stereocenters. The highest BCUT2D eigenvalue weighted by Crippen LogP contribution is 2.21. The van der Waals surface area contributed by atoms with E-state index in [1.807, 2.05) is 18.2 Å². The lowest BCUT2D eigenvalue weighted by molar-refractivity contribution is -0.113. The highest BCUT2D eigenvalue weighted by atomic mass is 32.2. The van der Waals surface area contributed by atoms with Gasteiger partial charge in [-0.15, -0.1) is 5.10 Å². The minimum Gasteiger partial charge on any atom is -0.497 e. The molecule has 0 aliphatic heterocycles. The number of hydrogen-bond acceptors (Lipinski definition) is 8. The van der Waals surface area contributed by atoms with Crippen LogP contribution in [0.3, 0.4) is 0 Å². The minimum absolute atomic E-state index is 0.0912. The number of carbonyl (C=O) groups excluding carboxylic acids is 2. The van der Waals surface area contributed by atoms with Crippen molar-refractivity contribution in [3.05, 3.63) is 54.1 Å². The Bertz CT molecular complexity index is 1010. The van der Waals surface area contributed by atoms with E-state index in [0.29, 0.717) is 22.2 Å². The summed E-state index contributed by atoms with van der Waals surface area (Å²) in [5.74, 6) is 0.0772. The third kappa shape index (κ3) is 5.32. The Labute approximate surface area is 171 Å². The average Bonchev–Trinajstić information content (AvgIpc) is 3.21. The van der Waals surface area contributed by atoms with Gasteiger partial charge in [-0.2, -0.15) is 4.68 Å². The number of ether oxygens (including phenoxy) is 2. The van der Waals surface area contributed by atoms with Gasteiger partial charge in [0.25, 0.3) is 0 Å². The van der Waals surface area contributed by atoms with Gasteiger partial charge in [0.05, 0.1) is 30.7 Å². The fourth-order valence-corrected chi connectivity index (χ4v) is 3.13. The Kier molecular flexibility index (Phi) is 6.80. The second-order valence-corrected chi connectivity index (χ2v) is 6.66. The van der Waals surface area contributed by atoms with Crippen LogP contribution < -0.4 is 10.1 Å². The first-order chi connectivity index (χ1) is 14.1. The Morgan fingerprint density at radius 2 is 2.00 bits per heavy atom. The van der Waals surface area contributed by atoms with Crippen molar-refractivity contribution in [2.75, 3.05) is 24.8 Å². The van der Waals surface area contributed by atoms with Crippen LogP contribution in [0.2, 0.25) is 0 Å². The summed E-state index contributed by atoms with van der Waals surface area (Å²) >= 11 is 1.19. The van der Waals surface area contributed by atoms with E-state index in [-0.39, 0.29) is 18.3 Å². The van der Waals surface area contributed by atoms with Crippen molar-refractivity contribution < 1.29 is 19.1 Å². The minimum atomic E-state index is -0.435. The number of aromatic nitrogens is 4. The van der Waals surface area contributed by atoms with Crippen molar-refractivity contribution in [2.45, 2.75) is 12.1 Å². The first-order valence-electron chi connectivity index (χ1n) is 8.73. The van der Waals surface area contributed by atoms with Gasteiger partial charge in [-0.05, 0) is 47.7 Å². The summed E-state index contributed by atoms with van der Waals surface area (Å²) in [6.07, 6.45) is 0. The number of benzene rings is 2. The van der Waals surface area contributed by atoms with E-state index in [4.69, 9.17) is 9.47 Å². The molecule has 9 nitrogen and oxygen atoms in total. The number of nitrogens with zero attached hydrogens (tertiary/aromatic N) is 4. The quantitative estimate of drug-likeness (QED) is 0.443. The molecule has 2 aromatic carbocycles. The fraction of sp³-hybridized carbons (Fsp3) is 0.211. The summed E-state index contributed by atoms with van der Waals surface area (Å²) in [7, 11) is 1.58. The number of hydrogen-bond donors (Lipinski definition) is 1. The van der Waals surface area contributed by atoms with E-state index >= 15 is 0 Å². The molecule has 3 rings (SSSR count). The maximum atomic E-state index is 12.3. The molecule has 1 heterocycles. The van der Waals surface area contributed by atoms with Crippen molar-refractivity contribution >= 4 is 29.3 Å². The first-order valence-corrected chi connectivity index (χ1v) is 9.72. The SMILES string of the molecule is CCOC(=O)c1cccc(NC(=O)CSc2nnnn2-c2cccc(OC)c2)c1. The molecule has 0 saturated carbocycles. The second kappa shape index (κ2) is 9.69. The maximum absolute atomic E-state index is 12.3. The van der Waals surface area contributed by atoms with Gasteiger partial charge >= 0.3 is 5.97 Å². The third-order valence-electron chi connectivity index (χ3n) is 3.73. The summed E-state index contributed by atoms with van der Waals surface area (Å²) in [6.45, 7) is 2.02. The Hall–Kier alpha value is -3.40. The van der Waals surface area contributed by atoms with Crippen LogP contribution in [-0.4, -0.2) is 51.6 Å². The van der Waals surface area contributed by atoms with Gasteiger partial charge in [0.15, 0.2) is 0 Å². The van der Waals surface area contributed by atoms with Crippen molar-refractivity contribution in [1.29, 1.82) is 0 Å². The van der Waals surface area contributed by atoms with Gasteiger partial charge in [0.1, 0.15) is 5.75 Å². The predicted molar refractivity (Wildman–Crippen MR) is 107 cm³/mol. The second-order valence-electron chi connectivity index (χ2n) is 5.71. The molecule has 0 aliphatic rings. The number of carbonyl (C=O) groups is 2. The summed E-state index contributed by atoms with van der Waals surface area (Å²) in [5, 5.41) is 14.8.